The smallest absolute Gasteiger partial charge is 0.396 e. The summed E-state index contributed by atoms with van der Waals surface area (Å²) in [6.45, 7) is 3.72. The molecule has 7 unspecified atom stereocenters. The highest BCUT2D eigenvalue weighted by molar-refractivity contribution is 5.90. The van der Waals surface area contributed by atoms with Crippen molar-refractivity contribution in [3.8, 4) is 0 Å². The summed E-state index contributed by atoms with van der Waals surface area (Å²) in [6, 6.07) is 0. The van der Waals surface area contributed by atoms with E-state index in [4.69, 9.17) is 5.41 Å². The van der Waals surface area contributed by atoms with Gasteiger partial charge in [-0.15, -0.1) is 0 Å². The van der Waals surface area contributed by atoms with Gasteiger partial charge in [-0.25, -0.2) is 0 Å². The zero-order valence-corrected chi connectivity index (χ0v) is 19.3. The lowest BCUT2D eigenvalue weighted by molar-refractivity contribution is -0.177. The zero-order chi connectivity index (χ0) is 24.5. The quantitative estimate of drug-likeness (QED) is 0.323. The molecule has 9 heteroatoms. The first-order valence-corrected chi connectivity index (χ1v) is 11.6. The Morgan fingerprint density at radius 1 is 0.969 bits per heavy atom. The number of fused-ring (bicyclic) bond motifs is 3. The van der Waals surface area contributed by atoms with Gasteiger partial charge in [-0.3, -0.25) is 0 Å². The number of hydrogen-bond acceptors (Lipinski definition) is 3. The highest BCUT2D eigenvalue weighted by Crippen LogP contribution is 2.67. The van der Waals surface area contributed by atoms with Crippen LogP contribution in [-0.2, 0) is 0 Å². The first-order valence-electron chi connectivity index (χ1n) is 11.6. The zero-order valence-electron chi connectivity index (χ0n) is 19.3. The second kappa shape index (κ2) is 9.80. The number of aliphatic hydroxyl groups is 1. The molecule has 3 saturated carbocycles. The molecule has 32 heavy (non-hydrogen) atoms. The number of aliphatic hydroxyl groups excluding tert-OH is 1. The molecule has 0 aromatic heterocycles. The van der Waals surface area contributed by atoms with Crippen LogP contribution in [0.4, 0.5) is 26.3 Å². The van der Waals surface area contributed by atoms with Crippen molar-refractivity contribution in [3.05, 3.63) is 0 Å². The first-order chi connectivity index (χ1) is 14.7. The van der Waals surface area contributed by atoms with Crippen LogP contribution in [0.3, 0.4) is 0 Å². The average molecular weight is 473 g/mol. The van der Waals surface area contributed by atoms with Gasteiger partial charge in [0.2, 0.25) is 0 Å². The summed E-state index contributed by atoms with van der Waals surface area (Å²) in [7, 11) is 1.50. The fourth-order valence-electron chi connectivity index (χ4n) is 7.67. The van der Waals surface area contributed by atoms with Gasteiger partial charge in [0, 0.05) is 18.9 Å². The van der Waals surface area contributed by atoms with Crippen molar-refractivity contribution in [2.24, 2.45) is 46.2 Å². The summed E-state index contributed by atoms with van der Waals surface area (Å²) in [4.78, 5) is 0. The van der Waals surface area contributed by atoms with E-state index >= 15 is 0 Å². The van der Waals surface area contributed by atoms with E-state index in [0.29, 0.717) is 51.4 Å². The number of nitrogens with two attached hydrogens (primary N) is 1. The Morgan fingerprint density at radius 3 is 2.12 bits per heavy atom. The van der Waals surface area contributed by atoms with Crippen LogP contribution < -0.4 is 5.73 Å². The predicted octanol–water partition coefficient (Wildman–Crippen LogP) is 6.34. The summed E-state index contributed by atoms with van der Waals surface area (Å²) < 4.78 is 79.7. The topological polar surface area (TPSA) is 70.1 Å². The van der Waals surface area contributed by atoms with Crippen molar-refractivity contribution in [2.75, 3.05) is 13.7 Å². The minimum atomic E-state index is -4.63. The molecular weight excluding hydrogens is 434 g/mol. The van der Waals surface area contributed by atoms with Crippen LogP contribution in [0.1, 0.15) is 71.6 Å². The summed E-state index contributed by atoms with van der Waals surface area (Å²) in [5, 5.41) is 17.1. The molecule has 3 fully saturated rings. The van der Waals surface area contributed by atoms with Crippen molar-refractivity contribution >= 4 is 5.71 Å². The van der Waals surface area contributed by atoms with E-state index in [2.05, 4.69) is 5.73 Å². The van der Waals surface area contributed by atoms with Gasteiger partial charge in [0.05, 0.1) is 0 Å². The van der Waals surface area contributed by atoms with E-state index in [0.717, 1.165) is 0 Å². The Morgan fingerprint density at radius 2 is 1.59 bits per heavy atom. The average Bonchev–Trinajstić information content (AvgIpc) is 3.05. The maximum absolute atomic E-state index is 13.3. The molecule has 0 radical (unpaired) electrons. The van der Waals surface area contributed by atoms with Crippen LogP contribution in [0.25, 0.3) is 0 Å². The molecule has 0 heterocycles. The van der Waals surface area contributed by atoms with E-state index in [9.17, 15) is 31.4 Å². The lowest BCUT2D eigenvalue weighted by Gasteiger charge is -2.59. The standard InChI is InChI=1S/C22H33F6NO.CH5N/c1-19(9-3-11-30)13(12-21(23,24)25)4-5-14-15-6-7-17(18(29)22(26,27)28)20(15,2)10-8-16(14)19;1-2/h13-17,29-30H,3-12H2,1-2H3;2H2,1H3. The lowest BCUT2D eigenvalue weighted by atomic mass is 9.46. The summed E-state index contributed by atoms with van der Waals surface area (Å²) in [6.07, 6.45) is -5.63. The van der Waals surface area contributed by atoms with Gasteiger partial charge in [-0.05, 0) is 92.9 Å². The van der Waals surface area contributed by atoms with Crippen LogP contribution in [0.15, 0.2) is 0 Å². The van der Waals surface area contributed by atoms with E-state index in [1.807, 2.05) is 13.8 Å². The molecule has 4 N–H and O–H groups in total. The van der Waals surface area contributed by atoms with Crippen LogP contribution in [0, 0.1) is 45.8 Å². The molecule has 7 atom stereocenters. The van der Waals surface area contributed by atoms with Gasteiger partial charge in [-0.2, -0.15) is 26.3 Å². The molecule has 3 aliphatic carbocycles. The number of rotatable bonds is 5. The third-order valence-corrected chi connectivity index (χ3v) is 9.07. The SMILES string of the molecule is CC1(CCCO)C(CC(F)(F)F)CCC2C1CCC1(C)C(C(=N)C(F)(F)F)CCC21.CN. The second-order valence-corrected chi connectivity index (χ2v) is 10.4. The number of nitrogens with one attached hydrogen (secondary N) is 1. The molecule has 0 aliphatic heterocycles. The Labute approximate surface area is 187 Å². The molecular formula is C23H38F6N2O. The number of hydrogen-bond donors (Lipinski definition) is 3. The maximum atomic E-state index is 13.3. The molecule has 0 spiro atoms. The summed E-state index contributed by atoms with van der Waals surface area (Å²) >= 11 is 0. The molecule has 3 nitrogen and oxygen atoms in total. The number of halogens is 6. The first kappa shape index (κ1) is 27.4. The third kappa shape index (κ3) is 5.13. The normalized spacial score (nSPS) is 39.5. The van der Waals surface area contributed by atoms with Gasteiger partial charge >= 0.3 is 12.4 Å². The molecule has 0 saturated heterocycles. The van der Waals surface area contributed by atoms with Crippen molar-refractivity contribution < 1.29 is 31.4 Å². The minimum absolute atomic E-state index is 0.0178. The molecule has 0 bridgehead atoms. The van der Waals surface area contributed by atoms with Crippen LogP contribution in [0.5, 0.6) is 0 Å². The molecule has 3 rings (SSSR count). The molecule has 188 valence electrons. The minimum Gasteiger partial charge on any atom is -0.396 e. The largest absolute Gasteiger partial charge is 0.429 e. The van der Waals surface area contributed by atoms with Gasteiger partial charge in [0.1, 0.15) is 5.71 Å². The van der Waals surface area contributed by atoms with Crippen LogP contribution >= 0.6 is 0 Å². The molecule has 0 amide bonds. The van der Waals surface area contributed by atoms with Crippen LogP contribution in [0.2, 0.25) is 0 Å². The summed E-state index contributed by atoms with van der Waals surface area (Å²) in [5.74, 6) is -1.19. The molecule has 0 aromatic rings. The Kier molecular flexibility index (Phi) is 8.40. The van der Waals surface area contributed by atoms with E-state index < -0.39 is 47.2 Å². The Hall–Kier alpha value is -0.830. The van der Waals surface area contributed by atoms with E-state index in [1.54, 1.807) is 0 Å². The Bertz CT molecular complexity index is 651. The molecule has 3 aliphatic rings. The third-order valence-electron chi connectivity index (χ3n) is 9.07. The van der Waals surface area contributed by atoms with Gasteiger partial charge in [-0.1, -0.05) is 13.8 Å². The highest BCUT2D eigenvalue weighted by atomic mass is 19.4. The monoisotopic (exact) mass is 472 g/mol. The highest BCUT2D eigenvalue weighted by Gasteiger charge is 2.62. The van der Waals surface area contributed by atoms with E-state index in [-0.39, 0.29) is 24.4 Å². The van der Waals surface area contributed by atoms with Gasteiger partial charge < -0.3 is 16.2 Å². The second-order valence-electron chi connectivity index (χ2n) is 10.4. The predicted molar refractivity (Wildman–Crippen MR) is 112 cm³/mol. The van der Waals surface area contributed by atoms with Crippen molar-refractivity contribution in [2.45, 2.75) is 84.0 Å². The Balaban J connectivity index is 0.00000176. The fourth-order valence-corrected chi connectivity index (χ4v) is 7.67. The van der Waals surface area contributed by atoms with Gasteiger partial charge in [0.15, 0.2) is 0 Å². The number of alkyl halides is 6. The fraction of sp³-hybridized carbons (Fsp3) is 0.957. The van der Waals surface area contributed by atoms with Gasteiger partial charge in [0.25, 0.3) is 0 Å². The van der Waals surface area contributed by atoms with Crippen LogP contribution in [-0.4, -0.2) is 36.8 Å². The summed E-state index contributed by atoms with van der Waals surface area (Å²) in [5.41, 5.74) is 2.18. The lowest BCUT2D eigenvalue weighted by Crippen LogP contribution is -2.53. The van der Waals surface area contributed by atoms with Crippen molar-refractivity contribution in [1.82, 2.24) is 0 Å². The maximum Gasteiger partial charge on any atom is 0.429 e. The van der Waals surface area contributed by atoms with E-state index in [1.165, 1.54) is 7.05 Å². The molecule has 0 aromatic carbocycles. The van der Waals surface area contributed by atoms with Crippen molar-refractivity contribution in [1.29, 1.82) is 5.41 Å². The van der Waals surface area contributed by atoms with Crippen molar-refractivity contribution in [3.63, 3.8) is 0 Å².